The van der Waals surface area contributed by atoms with E-state index in [2.05, 4.69) is 61.0 Å². The van der Waals surface area contributed by atoms with Crippen LogP contribution in [0, 0.1) is 5.92 Å². The lowest BCUT2D eigenvalue weighted by Crippen LogP contribution is -2.26. The fourth-order valence-electron chi connectivity index (χ4n) is 5.03. The van der Waals surface area contributed by atoms with Crippen molar-refractivity contribution in [3.8, 4) is 0 Å². The summed E-state index contributed by atoms with van der Waals surface area (Å²) in [6.07, 6.45) is 10.1. The van der Waals surface area contributed by atoms with Gasteiger partial charge in [-0.1, -0.05) is 51.8 Å². The minimum absolute atomic E-state index is 0.268. The Bertz CT molecular complexity index is 871. The van der Waals surface area contributed by atoms with Crippen molar-refractivity contribution in [3.05, 3.63) is 65.5 Å². The number of hydrogen-bond acceptors (Lipinski definition) is 4. The molecule has 1 aliphatic heterocycles. The predicted molar refractivity (Wildman–Crippen MR) is 133 cm³/mol. The summed E-state index contributed by atoms with van der Waals surface area (Å²) in [6.45, 7) is 12.0. The highest BCUT2D eigenvalue weighted by molar-refractivity contribution is 7.99. The molecule has 1 atom stereocenters. The summed E-state index contributed by atoms with van der Waals surface area (Å²) < 4.78 is 0. The van der Waals surface area contributed by atoms with E-state index in [0.29, 0.717) is 0 Å². The van der Waals surface area contributed by atoms with Crippen LogP contribution in [0.4, 0.5) is 0 Å². The van der Waals surface area contributed by atoms with Crippen molar-refractivity contribution in [2.24, 2.45) is 5.92 Å². The zero-order valence-electron chi connectivity index (χ0n) is 19.2. The van der Waals surface area contributed by atoms with E-state index in [-0.39, 0.29) is 6.04 Å². The van der Waals surface area contributed by atoms with Gasteiger partial charge in [0.15, 0.2) is 0 Å². The van der Waals surface area contributed by atoms with Gasteiger partial charge < -0.3 is 5.32 Å². The zero-order chi connectivity index (χ0) is 21.6. The molecule has 1 saturated carbocycles. The third-order valence-corrected chi connectivity index (χ3v) is 7.66. The second-order valence-electron chi connectivity index (χ2n) is 9.09. The van der Waals surface area contributed by atoms with E-state index in [1.54, 1.807) is 0 Å². The summed E-state index contributed by atoms with van der Waals surface area (Å²) in [5, 5.41) is 3.66. The normalized spacial score (nSPS) is 18.0. The molecule has 1 unspecified atom stereocenters. The molecule has 0 radical (unpaired) electrons. The first-order chi connectivity index (χ1) is 15.2. The van der Waals surface area contributed by atoms with Crippen LogP contribution in [0.2, 0.25) is 0 Å². The number of fused-ring (bicyclic) bond motifs is 1. The van der Waals surface area contributed by atoms with Crippen LogP contribution >= 0.6 is 11.8 Å². The summed E-state index contributed by atoms with van der Waals surface area (Å²) in [5.74, 6) is 1.99. The van der Waals surface area contributed by atoms with Crippen molar-refractivity contribution >= 4 is 17.5 Å². The second kappa shape index (κ2) is 10.7. The lowest BCUT2D eigenvalue weighted by Gasteiger charge is -2.26. The monoisotopic (exact) mass is 435 g/mol. The van der Waals surface area contributed by atoms with Gasteiger partial charge in [0, 0.05) is 42.0 Å². The van der Waals surface area contributed by atoms with Gasteiger partial charge in [0.1, 0.15) is 0 Å². The molecule has 2 heterocycles. The van der Waals surface area contributed by atoms with Crippen molar-refractivity contribution in [2.75, 3.05) is 12.3 Å². The SMILES string of the molecule is C=C(NC(CC)c1ccc(SCC)cc1)c1cnc2c(c1)CN(CC1CCCCC1)C2. The molecule has 4 heteroatoms. The highest BCUT2D eigenvalue weighted by Gasteiger charge is 2.24. The van der Waals surface area contributed by atoms with E-state index < -0.39 is 0 Å². The van der Waals surface area contributed by atoms with E-state index >= 15 is 0 Å². The van der Waals surface area contributed by atoms with Crippen molar-refractivity contribution in [1.82, 2.24) is 15.2 Å². The Hall–Kier alpha value is -1.78. The van der Waals surface area contributed by atoms with Gasteiger partial charge >= 0.3 is 0 Å². The van der Waals surface area contributed by atoms with Crippen LogP contribution in [0.25, 0.3) is 5.70 Å². The van der Waals surface area contributed by atoms with Gasteiger partial charge in [-0.3, -0.25) is 9.88 Å². The summed E-state index contributed by atoms with van der Waals surface area (Å²) in [5.41, 5.74) is 6.04. The number of nitrogens with one attached hydrogen (secondary N) is 1. The third-order valence-electron chi connectivity index (χ3n) is 6.77. The standard InChI is InChI=1S/C27H37N3S/c1-4-26(22-11-13-25(14-12-22)31-5-2)29-20(3)23-15-24-18-30(19-27(24)28-16-23)17-21-9-7-6-8-10-21/h11-16,21,26,29H,3-10,17-19H2,1-2H3. The van der Waals surface area contributed by atoms with E-state index in [1.165, 1.54) is 60.4 Å². The van der Waals surface area contributed by atoms with E-state index in [0.717, 1.165) is 42.4 Å². The molecule has 0 saturated heterocycles. The summed E-state index contributed by atoms with van der Waals surface area (Å²) in [4.78, 5) is 8.75. The zero-order valence-corrected chi connectivity index (χ0v) is 20.0. The molecule has 1 fully saturated rings. The molecule has 4 rings (SSSR count). The molecule has 2 aliphatic rings. The van der Waals surface area contributed by atoms with Gasteiger partial charge in [-0.25, -0.2) is 0 Å². The van der Waals surface area contributed by atoms with Crippen LogP contribution in [0.5, 0.6) is 0 Å². The first-order valence-corrected chi connectivity index (χ1v) is 13.0. The van der Waals surface area contributed by atoms with Crippen molar-refractivity contribution in [3.63, 3.8) is 0 Å². The highest BCUT2D eigenvalue weighted by Crippen LogP contribution is 2.30. The van der Waals surface area contributed by atoms with Gasteiger partial charge in [-0.2, -0.15) is 0 Å². The van der Waals surface area contributed by atoms with E-state index in [1.807, 2.05) is 18.0 Å². The van der Waals surface area contributed by atoms with Crippen LogP contribution in [-0.2, 0) is 13.1 Å². The van der Waals surface area contributed by atoms with Gasteiger partial charge in [0.25, 0.3) is 0 Å². The number of nitrogens with zero attached hydrogens (tertiary/aromatic N) is 2. The van der Waals surface area contributed by atoms with Crippen LogP contribution in [-0.4, -0.2) is 22.2 Å². The Balaban J connectivity index is 1.37. The van der Waals surface area contributed by atoms with Gasteiger partial charge in [-0.05, 0) is 60.3 Å². The van der Waals surface area contributed by atoms with E-state index in [9.17, 15) is 0 Å². The molecule has 1 aromatic carbocycles. The molecular weight excluding hydrogens is 398 g/mol. The number of thioether (sulfide) groups is 1. The lowest BCUT2D eigenvalue weighted by molar-refractivity contribution is 0.202. The average Bonchev–Trinajstić information content (AvgIpc) is 3.20. The molecule has 1 N–H and O–H groups in total. The third kappa shape index (κ3) is 5.72. The maximum atomic E-state index is 4.82. The molecule has 1 aliphatic carbocycles. The Morgan fingerprint density at radius 2 is 1.94 bits per heavy atom. The summed E-state index contributed by atoms with van der Waals surface area (Å²) >= 11 is 1.89. The number of rotatable bonds is 9. The largest absolute Gasteiger partial charge is 0.378 e. The molecule has 2 aromatic rings. The molecule has 31 heavy (non-hydrogen) atoms. The minimum Gasteiger partial charge on any atom is -0.378 e. The quantitative estimate of drug-likeness (QED) is 0.438. The fourth-order valence-corrected chi connectivity index (χ4v) is 5.70. The van der Waals surface area contributed by atoms with Gasteiger partial charge in [-0.15, -0.1) is 11.8 Å². The Kier molecular flexibility index (Phi) is 7.73. The van der Waals surface area contributed by atoms with Crippen molar-refractivity contribution in [1.29, 1.82) is 0 Å². The van der Waals surface area contributed by atoms with Gasteiger partial charge in [0.2, 0.25) is 0 Å². The fraction of sp³-hybridized carbons (Fsp3) is 0.519. The summed E-state index contributed by atoms with van der Waals surface area (Å²) in [6, 6.07) is 11.5. The number of benzene rings is 1. The molecular formula is C27H37N3S. The van der Waals surface area contributed by atoms with Crippen LogP contribution in [0.15, 0.2) is 48.0 Å². The van der Waals surface area contributed by atoms with Crippen molar-refractivity contribution < 1.29 is 0 Å². The smallest absolute Gasteiger partial charge is 0.0589 e. The number of pyridine rings is 1. The maximum absolute atomic E-state index is 4.82. The average molecular weight is 436 g/mol. The van der Waals surface area contributed by atoms with Gasteiger partial charge in [0.05, 0.1) is 11.7 Å². The first-order valence-electron chi connectivity index (χ1n) is 12.0. The Morgan fingerprint density at radius 1 is 1.16 bits per heavy atom. The predicted octanol–water partition coefficient (Wildman–Crippen LogP) is 6.80. The molecule has 1 aromatic heterocycles. The number of aromatic nitrogens is 1. The minimum atomic E-state index is 0.268. The second-order valence-corrected chi connectivity index (χ2v) is 10.4. The van der Waals surface area contributed by atoms with Crippen molar-refractivity contribution in [2.45, 2.75) is 76.4 Å². The Labute approximate surface area is 192 Å². The van der Waals surface area contributed by atoms with Crippen LogP contribution in [0.3, 0.4) is 0 Å². The molecule has 0 bridgehead atoms. The summed E-state index contributed by atoms with van der Waals surface area (Å²) in [7, 11) is 0. The number of hydrogen-bond donors (Lipinski definition) is 1. The van der Waals surface area contributed by atoms with Crippen LogP contribution < -0.4 is 5.32 Å². The molecule has 166 valence electrons. The first kappa shape index (κ1) is 22.4. The lowest BCUT2D eigenvalue weighted by atomic mass is 9.89. The topological polar surface area (TPSA) is 28.2 Å². The highest BCUT2D eigenvalue weighted by atomic mass is 32.2. The molecule has 0 amide bonds. The molecule has 0 spiro atoms. The maximum Gasteiger partial charge on any atom is 0.0589 e. The Morgan fingerprint density at radius 3 is 2.65 bits per heavy atom. The molecule has 3 nitrogen and oxygen atoms in total. The van der Waals surface area contributed by atoms with Crippen LogP contribution in [0.1, 0.15) is 80.8 Å². The van der Waals surface area contributed by atoms with E-state index in [4.69, 9.17) is 4.98 Å².